The van der Waals surface area contributed by atoms with Crippen LogP contribution in [0.15, 0.2) is 48.8 Å². The molecule has 1 saturated heterocycles. The molecule has 2 aromatic heterocycles. The number of likely N-dealkylation sites (tertiary alicyclic amines) is 1. The number of hydrogen-bond donors (Lipinski definition) is 1. The number of nitrogens with one attached hydrogen (secondary N) is 1. The summed E-state index contributed by atoms with van der Waals surface area (Å²) in [4.78, 5) is 21.9. The van der Waals surface area contributed by atoms with Crippen LogP contribution in [-0.2, 0) is 32.5 Å². The smallest absolute Gasteiger partial charge is 0.370 e. The fraction of sp³-hybridized carbons (Fsp3) is 0.417. The molecule has 51 heavy (non-hydrogen) atoms. The van der Waals surface area contributed by atoms with Crippen LogP contribution in [0.2, 0.25) is 0 Å². The number of halogens is 6. The SMILES string of the molecule is Cn1cnnc1-c1ccc(C(F)(F)F)cc1-c1cc(NCCCC#N)nc(N2Cc3c(cc(CN4CCC5(CCC5)C4)cc3C(F)(F)F)C2=O)c1. The number of carbonyl (C=O) groups is 1. The van der Waals surface area contributed by atoms with E-state index in [0.29, 0.717) is 17.5 Å². The number of unbranched alkanes of at least 4 members (excludes halogenated alkanes) is 1. The summed E-state index contributed by atoms with van der Waals surface area (Å²) < 4.78 is 87.3. The van der Waals surface area contributed by atoms with Gasteiger partial charge in [-0.3, -0.25) is 14.6 Å². The maximum absolute atomic E-state index is 14.6. The van der Waals surface area contributed by atoms with E-state index >= 15 is 0 Å². The lowest BCUT2D eigenvalue weighted by molar-refractivity contribution is -0.138. The zero-order valence-corrected chi connectivity index (χ0v) is 27.7. The summed E-state index contributed by atoms with van der Waals surface area (Å²) in [6, 6.07) is 10.8. The van der Waals surface area contributed by atoms with E-state index in [4.69, 9.17) is 5.26 Å². The Morgan fingerprint density at radius 2 is 1.78 bits per heavy atom. The van der Waals surface area contributed by atoms with Crippen LogP contribution in [0, 0.1) is 16.7 Å². The molecule has 15 heteroatoms. The van der Waals surface area contributed by atoms with Gasteiger partial charge in [-0.15, -0.1) is 10.2 Å². The van der Waals surface area contributed by atoms with E-state index in [1.165, 1.54) is 30.6 Å². The maximum atomic E-state index is 14.6. The predicted molar refractivity (Wildman–Crippen MR) is 176 cm³/mol. The van der Waals surface area contributed by atoms with E-state index in [2.05, 4.69) is 25.4 Å². The number of pyridine rings is 1. The average Bonchev–Trinajstić information content (AvgIpc) is 3.79. The molecule has 1 amide bonds. The van der Waals surface area contributed by atoms with Gasteiger partial charge in [0.1, 0.15) is 18.0 Å². The van der Waals surface area contributed by atoms with Crippen LogP contribution < -0.4 is 10.2 Å². The van der Waals surface area contributed by atoms with Gasteiger partial charge in [-0.25, -0.2) is 4.98 Å². The number of anilines is 2. The van der Waals surface area contributed by atoms with Crippen molar-refractivity contribution in [3.63, 3.8) is 0 Å². The Kier molecular flexibility index (Phi) is 8.77. The van der Waals surface area contributed by atoms with Gasteiger partial charge in [0.25, 0.3) is 5.91 Å². The van der Waals surface area contributed by atoms with E-state index in [0.717, 1.165) is 61.9 Å². The van der Waals surface area contributed by atoms with Crippen LogP contribution >= 0.6 is 0 Å². The van der Waals surface area contributed by atoms with Gasteiger partial charge >= 0.3 is 12.4 Å². The van der Waals surface area contributed by atoms with Crippen molar-refractivity contribution < 1.29 is 31.1 Å². The summed E-state index contributed by atoms with van der Waals surface area (Å²) in [6.45, 7) is 1.73. The van der Waals surface area contributed by atoms with Crippen molar-refractivity contribution in [1.82, 2.24) is 24.6 Å². The third kappa shape index (κ3) is 6.76. The summed E-state index contributed by atoms with van der Waals surface area (Å²) in [7, 11) is 1.64. The lowest BCUT2D eigenvalue weighted by Crippen LogP contribution is -2.33. The second-order valence-corrected chi connectivity index (χ2v) is 13.7. The third-order valence-corrected chi connectivity index (χ3v) is 10.2. The standard InChI is InChI=1S/C36H34F6N8O/c1-48-21-45-47-32(48)25-6-5-24(35(37,38)39)17-26(25)23-15-30(44-11-3-2-10-43)46-31(16-23)50-19-28-27(33(50)51)13-22(14-29(28)36(40,41)42)18-49-12-9-34(20-49)7-4-8-34/h5-6,13-17,21H,2-4,7-9,11-12,18-20H2,1H3,(H,44,46). The Bertz CT molecular complexity index is 2030. The summed E-state index contributed by atoms with van der Waals surface area (Å²) in [5, 5.41) is 20.0. The molecule has 1 saturated carbocycles. The van der Waals surface area contributed by atoms with Crippen LogP contribution in [-0.4, -0.2) is 50.2 Å². The number of alkyl halides is 6. The molecule has 1 spiro atoms. The van der Waals surface area contributed by atoms with Crippen LogP contribution in [0.1, 0.15) is 71.1 Å². The zero-order valence-electron chi connectivity index (χ0n) is 27.7. The predicted octanol–water partition coefficient (Wildman–Crippen LogP) is 7.83. The van der Waals surface area contributed by atoms with Crippen molar-refractivity contribution in [2.24, 2.45) is 12.5 Å². The minimum atomic E-state index is -4.73. The van der Waals surface area contributed by atoms with Gasteiger partial charge in [-0.05, 0) is 102 Å². The minimum Gasteiger partial charge on any atom is -0.370 e. The van der Waals surface area contributed by atoms with Gasteiger partial charge in [-0.2, -0.15) is 31.6 Å². The van der Waals surface area contributed by atoms with Crippen molar-refractivity contribution in [2.75, 3.05) is 29.9 Å². The molecule has 2 aliphatic heterocycles. The molecule has 0 radical (unpaired) electrons. The van der Waals surface area contributed by atoms with E-state index < -0.39 is 35.9 Å². The molecular formula is C36H34F6N8O. The Labute approximate surface area is 289 Å². The van der Waals surface area contributed by atoms with Gasteiger partial charge in [0.2, 0.25) is 0 Å². The lowest BCUT2D eigenvalue weighted by Gasteiger charge is -2.38. The molecule has 3 aliphatic rings. The second kappa shape index (κ2) is 13.0. The second-order valence-electron chi connectivity index (χ2n) is 13.7. The molecule has 1 aliphatic carbocycles. The number of amides is 1. The first-order valence-electron chi connectivity index (χ1n) is 16.7. The van der Waals surface area contributed by atoms with Crippen molar-refractivity contribution in [3.05, 3.63) is 76.6 Å². The van der Waals surface area contributed by atoms with Crippen molar-refractivity contribution in [3.8, 4) is 28.6 Å². The number of rotatable bonds is 9. The van der Waals surface area contributed by atoms with E-state index in [1.54, 1.807) is 11.6 Å². The van der Waals surface area contributed by atoms with Crippen LogP contribution in [0.25, 0.3) is 22.5 Å². The first-order chi connectivity index (χ1) is 24.2. The molecule has 2 aromatic carbocycles. The van der Waals surface area contributed by atoms with Crippen molar-refractivity contribution >= 4 is 17.5 Å². The molecule has 2 fully saturated rings. The fourth-order valence-corrected chi connectivity index (χ4v) is 7.47. The Hall–Kier alpha value is -4.97. The van der Waals surface area contributed by atoms with Crippen LogP contribution in [0.3, 0.4) is 0 Å². The van der Waals surface area contributed by atoms with E-state index in [9.17, 15) is 31.1 Å². The molecule has 266 valence electrons. The summed E-state index contributed by atoms with van der Waals surface area (Å²) in [5.41, 5.74) is -0.814. The van der Waals surface area contributed by atoms with Gasteiger partial charge in [-0.1, -0.05) is 6.42 Å². The highest BCUT2D eigenvalue weighted by Gasteiger charge is 2.44. The number of fused-ring (bicyclic) bond motifs is 1. The maximum Gasteiger partial charge on any atom is 0.416 e. The first kappa shape index (κ1) is 34.5. The molecule has 0 atom stereocenters. The van der Waals surface area contributed by atoms with Crippen LogP contribution in [0.5, 0.6) is 0 Å². The number of aryl methyl sites for hydroxylation is 1. The van der Waals surface area contributed by atoms with Crippen LogP contribution in [0.4, 0.5) is 38.0 Å². The summed E-state index contributed by atoms with van der Waals surface area (Å²) >= 11 is 0. The topological polar surface area (TPSA) is 103 Å². The first-order valence-corrected chi connectivity index (χ1v) is 16.7. The number of aromatic nitrogens is 4. The quantitative estimate of drug-likeness (QED) is 0.140. The van der Waals surface area contributed by atoms with Gasteiger partial charge < -0.3 is 9.88 Å². The number of carbonyl (C=O) groups excluding carboxylic acids is 1. The zero-order chi connectivity index (χ0) is 36.1. The molecule has 4 aromatic rings. The van der Waals surface area contributed by atoms with Crippen molar-refractivity contribution in [1.29, 1.82) is 5.26 Å². The Balaban J connectivity index is 1.30. The summed E-state index contributed by atoms with van der Waals surface area (Å²) in [6.07, 6.45) is -2.95. The lowest BCUT2D eigenvalue weighted by atomic mass is 9.68. The Morgan fingerprint density at radius 3 is 2.43 bits per heavy atom. The molecule has 4 heterocycles. The number of nitriles is 1. The van der Waals surface area contributed by atoms with Gasteiger partial charge in [0.15, 0.2) is 5.82 Å². The molecule has 9 nitrogen and oxygen atoms in total. The highest BCUT2D eigenvalue weighted by atomic mass is 19.4. The fourth-order valence-electron chi connectivity index (χ4n) is 7.47. The average molecular weight is 709 g/mol. The Morgan fingerprint density at radius 1 is 0.980 bits per heavy atom. The van der Waals surface area contributed by atoms with Crippen molar-refractivity contribution in [2.45, 2.75) is 64.0 Å². The summed E-state index contributed by atoms with van der Waals surface area (Å²) in [5.74, 6) is -0.291. The van der Waals surface area contributed by atoms with Gasteiger partial charge in [0, 0.05) is 44.2 Å². The highest BCUT2D eigenvalue weighted by molar-refractivity contribution is 6.10. The molecule has 0 unspecified atom stereocenters. The van der Waals surface area contributed by atoms with E-state index in [1.807, 2.05) is 6.07 Å². The normalized spacial score (nSPS) is 17.1. The number of hydrogen-bond acceptors (Lipinski definition) is 7. The largest absolute Gasteiger partial charge is 0.416 e. The molecular weight excluding hydrogens is 674 g/mol. The molecule has 0 bridgehead atoms. The van der Waals surface area contributed by atoms with E-state index in [-0.39, 0.29) is 64.6 Å². The number of benzene rings is 2. The third-order valence-electron chi connectivity index (χ3n) is 10.2. The number of nitrogens with zero attached hydrogens (tertiary/aromatic N) is 7. The van der Waals surface area contributed by atoms with Gasteiger partial charge in [0.05, 0.1) is 23.7 Å². The minimum absolute atomic E-state index is 0.0426. The highest BCUT2D eigenvalue weighted by Crippen LogP contribution is 2.49. The monoisotopic (exact) mass is 708 g/mol. The molecule has 7 rings (SSSR count). The molecule has 1 N–H and O–H groups in total.